The number of nitrogen functional groups attached to an aromatic ring is 1. The monoisotopic (exact) mass is 1080 g/mol. The number of carbonyl (C=O) groups excluding carboxylic acids is 2. The Morgan fingerprint density at radius 3 is 1.88 bits per heavy atom. The van der Waals surface area contributed by atoms with E-state index in [9.17, 15) is 53.7 Å². The van der Waals surface area contributed by atoms with E-state index in [-0.39, 0.29) is 37.9 Å². The number of allylic oxidation sites excluding steroid dienone is 13. The standard InChI is InChI=1S/C52H83N3O17P2/c1-3-5-7-9-11-13-15-17-18-19-20-21-23-25-27-29-31-35-47(58)67-39-42(70-48(59)36-32-34-44(57)43(56)33-30-28-26-24-22-16-14-12-10-8-6-4-2)40-68-73(63,64)72-74(65,66)69-41-45-49(60)50(61)51(71-45)55-38-37-46(53)54-52(55)62/h6,8,11-14,17-18,20-22,24,28,30,37-38,42-45,49-51,56-57,60-61H,3-5,7,9-10,15-16,19,23,25-27,29,31-36,39-41H2,1-2H3,(H,63,64)(H,65,66)(H2,53,54,62)/b8-6-,13-11-,14-12-,18-17-,21-20-,24-22-,30-28-/t42-,43-,44-,45-,49-,50-,51-/m1/s1. The lowest BCUT2D eigenvalue weighted by molar-refractivity contribution is -0.161. The molecule has 0 aromatic carbocycles. The Morgan fingerprint density at radius 1 is 0.716 bits per heavy atom. The number of anilines is 1. The van der Waals surface area contributed by atoms with Crippen molar-refractivity contribution in [2.45, 2.75) is 185 Å². The first kappa shape index (κ1) is 66.0. The number of aliphatic hydroxyl groups excluding tert-OH is 4. The number of esters is 2. The summed E-state index contributed by atoms with van der Waals surface area (Å²) >= 11 is 0. The van der Waals surface area contributed by atoms with Crippen LogP contribution < -0.4 is 11.4 Å². The highest BCUT2D eigenvalue weighted by atomic mass is 31.3. The molecule has 1 aromatic rings. The zero-order valence-electron chi connectivity index (χ0n) is 43.1. The number of rotatable bonds is 41. The van der Waals surface area contributed by atoms with Gasteiger partial charge in [0.25, 0.3) is 0 Å². The Balaban J connectivity index is 1.88. The Labute approximate surface area is 436 Å². The van der Waals surface area contributed by atoms with E-state index >= 15 is 0 Å². The molecule has 0 bridgehead atoms. The molecule has 9 atom stereocenters. The maximum Gasteiger partial charge on any atom is 0.481 e. The fourth-order valence-corrected chi connectivity index (χ4v) is 9.16. The van der Waals surface area contributed by atoms with Gasteiger partial charge in [-0.25, -0.2) is 13.9 Å². The summed E-state index contributed by atoms with van der Waals surface area (Å²) in [5, 5.41) is 41.9. The minimum Gasteiger partial charge on any atom is -0.462 e. The van der Waals surface area contributed by atoms with Crippen molar-refractivity contribution in [2.24, 2.45) is 0 Å². The van der Waals surface area contributed by atoms with Crippen molar-refractivity contribution < 1.29 is 76.5 Å². The number of ether oxygens (including phenoxy) is 3. The van der Waals surface area contributed by atoms with Gasteiger partial charge in [-0.1, -0.05) is 125 Å². The topological polar surface area (TPSA) is 306 Å². The van der Waals surface area contributed by atoms with Crippen LogP contribution in [0, 0.1) is 0 Å². The molecule has 0 spiro atoms. The van der Waals surface area contributed by atoms with Gasteiger partial charge >= 0.3 is 33.3 Å². The Hall–Kier alpha value is -4.14. The molecule has 2 unspecified atom stereocenters. The second-order valence-corrected chi connectivity index (χ2v) is 20.6. The summed E-state index contributed by atoms with van der Waals surface area (Å²) in [4.78, 5) is 62.0. The van der Waals surface area contributed by atoms with Gasteiger partial charge in [0.05, 0.1) is 25.4 Å². The van der Waals surface area contributed by atoms with Crippen LogP contribution in [-0.2, 0) is 46.3 Å². The van der Waals surface area contributed by atoms with Crippen molar-refractivity contribution in [3.8, 4) is 0 Å². The summed E-state index contributed by atoms with van der Waals surface area (Å²) in [7, 11) is -11.0. The van der Waals surface area contributed by atoms with Gasteiger partial charge in [0.2, 0.25) is 0 Å². The lowest BCUT2D eigenvalue weighted by atomic mass is 10.0. The summed E-state index contributed by atoms with van der Waals surface area (Å²) in [5.41, 5.74) is 4.56. The molecule has 0 saturated carbocycles. The van der Waals surface area contributed by atoms with Crippen molar-refractivity contribution in [2.75, 3.05) is 25.6 Å². The maximum atomic E-state index is 12.9. The van der Waals surface area contributed by atoms with Gasteiger partial charge in [-0.2, -0.15) is 9.29 Å². The quantitative estimate of drug-likeness (QED) is 0.0140. The van der Waals surface area contributed by atoms with Crippen LogP contribution in [0.25, 0.3) is 0 Å². The highest BCUT2D eigenvalue weighted by molar-refractivity contribution is 7.61. The number of aliphatic hydroxyl groups is 4. The zero-order chi connectivity index (χ0) is 54.5. The summed E-state index contributed by atoms with van der Waals surface area (Å²) in [6, 6.07) is 1.23. The van der Waals surface area contributed by atoms with E-state index in [1.54, 1.807) is 6.08 Å². The third kappa shape index (κ3) is 31.0. The Morgan fingerprint density at radius 2 is 1.27 bits per heavy atom. The molecule has 2 rings (SSSR count). The number of nitrogens with zero attached hydrogens (tertiary/aromatic N) is 2. The highest BCUT2D eigenvalue weighted by Crippen LogP contribution is 2.60. The van der Waals surface area contributed by atoms with Crippen molar-refractivity contribution >= 4 is 33.4 Å². The molecular formula is C52H83N3O17P2. The molecule has 0 radical (unpaired) electrons. The Bertz CT molecular complexity index is 2110. The van der Waals surface area contributed by atoms with Crippen LogP contribution in [-0.4, -0.2) is 108 Å². The normalized spacial score (nSPS) is 20.4. The molecule has 1 aliphatic heterocycles. The van der Waals surface area contributed by atoms with E-state index in [2.05, 4.69) is 83.9 Å². The lowest BCUT2D eigenvalue weighted by Gasteiger charge is -2.22. The fourth-order valence-electron chi connectivity index (χ4n) is 7.05. The van der Waals surface area contributed by atoms with Crippen LogP contribution in [0.4, 0.5) is 5.82 Å². The predicted octanol–water partition coefficient (Wildman–Crippen LogP) is 8.61. The van der Waals surface area contributed by atoms with E-state index in [0.29, 0.717) is 12.8 Å². The van der Waals surface area contributed by atoms with E-state index in [4.69, 9.17) is 29.0 Å². The summed E-state index contributed by atoms with van der Waals surface area (Å²) < 4.78 is 56.5. The minimum absolute atomic E-state index is 0.0239. The Kier molecular flexibility index (Phi) is 35.0. The van der Waals surface area contributed by atoms with Gasteiger partial charge in [0, 0.05) is 19.0 Å². The van der Waals surface area contributed by atoms with Crippen LogP contribution in [0.3, 0.4) is 0 Å². The summed E-state index contributed by atoms with van der Waals surface area (Å²) in [6.45, 7) is 1.70. The molecular weight excluding hydrogens is 1000 g/mol. The van der Waals surface area contributed by atoms with E-state index in [1.807, 2.05) is 18.2 Å². The lowest BCUT2D eigenvalue weighted by Crippen LogP contribution is -2.36. The zero-order valence-corrected chi connectivity index (χ0v) is 44.9. The SMILES string of the molecule is CC/C=C\C/C=C\C/C=C\C/C=C\C[C@@H](O)[C@H](O)CCCC(=O)O[C@H](COC(=O)CCCCCC/C=C\C/C=C\C/C=C\CCCCC)COP(=O)(O)OP(=O)(O)OC[C@H]1O[C@@H](n2ccc(N)nc2=O)[C@H](O)[C@@H]1O. The van der Waals surface area contributed by atoms with Gasteiger partial charge in [-0.05, 0) is 96.0 Å². The predicted molar refractivity (Wildman–Crippen MR) is 282 cm³/mol. The van der Waals surface area contributed by atoms with Crippen molar-refractivity contribution in [1.82, 2.24) is 9.55 Å². The smallest absolute Gasteiger partial charge is 0.462 e. The van der Waals surface area contributed by atoms with Crippen molar-refractivity contribution in [3.63, 3.8) is 0 Å². The van der Waals surface area contributed by atoms with Gasteiger partial charge in [0.15, 0.2) is 12.3 Å². The van der Waals surface area contributed by atoms with E-state index in [1.165, 1.54) is 25.3 Å². The molecule has 1 aromatic heterocycles. The number of phosphoric acid groups is 2. The first-order valence-electron chi connectivity index (χ1n) is 25.8. The number of carbonyl (C=O) groups is 2. The van der Waals surface area contributed by atoms with Gasteiger partial charge < -0.3 is 50.2 Å². The fraction of sp³-hybridized carbons (Fsp3) is 0.615. The van der Waals surface area contributed by atoms with Crippen LogP contribution in [0.1, 0.15) is 148 Å². The van der Waals surface area contributed by atoms with Gasteiger partial charge in [0.1, 0.15) is 30.7 Å². The average molecular weight is 1080 g/mol. The third-order valence-corrected chi connectivity index (χ3v) is 13.8. The van der Waals surface area contributed by atoms with Crippen molar-refractivity contribution in [1.29, 1.82) is 0 Å². The second-order valence-electron chi connectivity index (χ2n) is 17.6. The van der Waals surface area contributed by atoms with Gasteiger partial charge in [-0.3, -0.25) is 23.2 Å². The molecule has 0 amide bonds. The second kappa shape index (κ2) is 39.3. The molecule has 0 aliphatic carbocycles. The number of unbranched alkanes of at least 4 members (excludes halogenated alkanes) is 7. The van der Waals surface area contributed by atoms with E-state index in [0.717, 1.165) is 75.0 Å². The molecule has 1 saturated heterocycles. The molecule has 1 fully saturated rings. The number of hydrogen-bond donors (Lipinski definition) is 7. The maximum absolute atomic E-state index is 12.9. The average Bonchev–Trinajstić information content (AvgIpc) is 3.63. The minimum atomic E-state index is -5.51. The number of nitrogens with two attached hydrogens (primary N) is 1. The van der Waals surface area contributed by atoms with Crippen LogP contribution in [0.2, 0.25) is 0 Å². The molecule has 418 valence electrons. The first-order chi connectivity index (χ1) is 35.5. The largest absolute Gasteiger partial charge is 0.481 e. The third-order valence-electron chi connectivity index (χ3n) is 11.2. The van der Waals surface area contributed by atoms with Crippen LogP contribution in [0.5, 0.6) is 0 Å². The number of phosphoric ester groups is 2. The number of aromatic nitrogens is 2. The summed E-state index contributed by atoms with van der Waals surface area (Å²) in [5.74, 6) is -1.64. The van der Waals surface area contributed by atoms with Gasteiger partial charge in [-0.15, -0.1) is 0 Å². The highest BCUT2D eigenvalue weighted by Gasteiger charge is 2.46. The summed E-state index contributed by atoms with van der Waals surface area (Å²) in [6.07, 6.45) is 33.9. The molecule has 20 nitrogen and oxygen atoms in total. The van der Waals surface area contributed by atoms with E-state index < -0.39 is 95.9 Å². The first-order valence-corrected chi connectivity index (χ1v) is 28.8. The molecule has 8 N–H and O–H groups in total. The number of hydrogen-bond acceptors (Lipinski definition) is 17. The van der Waals surface area contributed by atoms with Crippen molar-refractivity contribution in [3.05, 3.63) is 108 Å². The van der Waals surface area contributed by atoms with Crippen LogP contribution >= 0.6 is 15.6 Å². The van der Waals surface area contributed by atoms with Crippen LogP contribution in [0.15, 0.2) is 102 Å². The molecule has 1 aliphatic rings. The molecule has 2 heterocycles. The molecule has 74 heavy (non-hydrogen) atoms. The molecule has 22 heteroatoms.